The van der Waals surface area contributed by atoms with E-state index in [1.54, 1.807) is 12.1 Å². The lowest BCUT2D eigenvalue weighted by Gasteiger charge is -2.19. The second-order valence-corrected chi connectivity index (χ2v) is 11.4. The highest BCUT2D eigenvalue weighted by Crippen LogP contribution is 2.23. The predicted octanol–water partition coefficient (Wildman–Crippen LogP) is 5.18. The molecule has 0 spiro atoms. The van der Waals surface area contributed by atoms with E-state index >= 15 is 0 Å². The van der Waals surface area contributed by atoms with E-state index in [0.29, 0.717) is 24.3 Å². The summed E-state index contributed by atoms with van der Waals surface area (Å²) in [6.45, 7) is 6.09. The highest BCUT2D eigenvalue weighted by atomic mass is 79.9. The third-order valence-electron chi connectivity index (χ3n) is 5.24. The average Bonchev–Trinajstić information content (AvgIpc) is 2.83. The van der Waals surface area contributed by atoms with Crippen LogP contribution in [0.4, 0.5) is 0 Å². The van der Waals surface area contributed by atoms with Gasteiger partial charge in [0, 0.05) is 10.0 Å². The third kappa shape index (κ3) is 8.29. The number of carbonyl (C=O) groups excluding carboxylic acids is 1. The summed E-state index contributed by atoms with van der Waals surface area (Å²) >= 11 is 3.44. The molecule has 0 saturated carbocycles. The van der Waals surface area contributed by atoms with E-state index in [1.165, 1.54) is 18.3 Å². The summed E-state index contributed by atoms with van der Waals surface area (Å²) in [5.41, 5.74) is 5.09. The SMILES string of the molecule is Cc1ccc(S(=O)(=O)N[C@H](CC(C)C)C(=O)N/N=C\c2cc(Br)ccc2OCc2ccccc2)cc1. The Bertz CT molecular complexity index is 1290. The molecule has 3 aromatic carbocycles. The second kappa shape index (κ2) is 12.8. The largest absolute Gasteiger partial charge is 0.488 e. The molecule has 0 unspecified atom stereocenters. The van der Waals surface area contributed by atoms with Crippen molar-refractivity contribution in [2.24, 2.45) is 11.0 Å². The van der Waals surface area contributed by atoms with Crippen LogP contribution in [0, 0.1) is 12.8 Å². The average molecular weight is 573 g/mol. The van der Waals surface area contributed by atoms with Crippen LogP contribution in [0.15, 0.2) is 87.3 Å². The Balaban J connectivity index is 1.71. The molecule has 1 atom stereocenters. The number of nitrogens with one attached hydrogen (secondary N) is 2. The number of carbonyl (C=O) groups is 1. The number of sulfonamides is 1. The van der Waals surface area contributed by atoms with Gasteiger partial charge in [-0.2, -0.15) is 9.82 Å². The lowest BCUT2D eigenvalue weighted by Crippen LogP contribution is -2.46. The van der Waals surface area contributed by atoms with Crippen LogP contribution in [0.1, 0.15) is 37.0 Å². The molecule has 1 amide bonds. The predicted molar refractivity (Wildman–Crippen MR) is 145 cm³/mol. The van der Waals surface area contributed by atoms with Crippen molar-refractivity contribution in [1.29, 1.82) is 0 Å². The highest BCUT2D eigenvalue weighted by Gasteiger charge is 2.26. The Hall–Kier alpha value is -3.01. The molecule has 9 heteroatoms. The Morgan fingerprint density at radius 3 is 2.42 bits per heavy atom. The lowest BCUT2D eigenvalue weighted by atomic mass is 10.0. The Labute approximate surface area is 221 Å². The number of nitrogens with zero attached hydrogens (tertiary/aromatic N) is 1. The summed E-state index contributed by atoms with van der Waals surface area (Å²) in [7, 11) is -3.88. The van der Waals surface area contributed by atoms with Gasteiger partial charge in [-0.3, -0.25) is 4.79 Å². The van der Waals surface area contributed by atoms with Gasteiger partial charge in [0.2, 0.25) is 10.0 Å². The van der Waals surface area contributed by atoms with Gasteiger partial charge >= 0.3 is 0 Å². The first-order valence-corrected chi connectivity index (χ1v) is 13.8. The van der Waals surface area contributed by atoms with Crippen LogP contribution in [0.2, 0.25) is 0 Å². The third-order valence-corrected chi connectivity index (χ3v) is 7.22. The molecule has 3 rings (SSSR count). The number of aryl methyl sites for hydroxylation is 1. The molecule has 36 heavy (non-hydrogen) atoms. The molecule has 0 heterocycles. The second-order valence-electron chi connectivity index (χ2n) is 8.81. The first kappa shape index (κ1) is 27.6. The Kier molecular flexibility index (Phi) is 9.81. The molecule has 0 bridgehead atoms. The van der Waals surface area contributed by atoms with Gasteiger partial charge in [-0.1, -0.05) is 77.8 Å². The molecule has 3 aromatic rings. The number of amides is 1. The minimum absolute atomic E-state index is 0.0773. The molecule has 0 aliphatic rings. The van der Waals surface area contributed by atoms with Crippen molar-refractivity contribution in [1.82, 2.24) is 10.1 Å². The summed E-state index contributed by atoms with van der Waals surface area (Å²) in [6.07, 6.45) is 1.79. The fraction of sp³-hybridized carbons (Fsp3) is 0.259. The summed E-state index contributed by atoms with van der Waals surface area (Å²) < 4.78 is 35.0. The Morgan fingerprint density at radius 2 is 1.75 bits per heavy atom. The molecule has 0 aromatic heterocycles. The zero-order valence-electron chi connectivity index (χ0n) is 20.4. The minimum atomic E-state index is -3.88. The minimum Gasteiger partial charge on any atom is -0.488 e. The first-order chi connectivity index (χ1) is 17.1. The maximum atomic E-state index is 12.9. The number of halogens is 1. The summed E-state index contributed by atoms with van der Waals surface area (Å²) in [5, 5.41) is 4.08. The first-order valence-electron chi connectivity index (χ1n) is 11.5. The summed E-state index contributed by atoms with van der Waals surface area (Å²) in [4.78, 5) is 13.0. The van der Waals surface area contributed by atoms with Gasteiger partial charge in [0.15, 0.2) is 0 Å². The van der Waals surface area contributed by atoms with Crippen LogP contribution in [-0.2, 0) is 21.4 Å². The van der Waals surface area contributed by atoms with E-state index in [1.807, 2.05) is 69.3 Å². The molecule has 0 aliphatic carbocycles. The highest BCUT2D eigenvalue weighted by molar-refractivity contribution is 9.10. The number of ether oxygens (including phenoxy) is 1. The van der Waals surface area contributed by atoms with Crippen LogP contribution in [-0.4, -0.2) is 26.6 Å². The van der Waals surface area contributed by atoms with Crippen molar-refractivity contribution in [2.75, 3.05) is 0 Å². The van der Waals surface area contributed by atoms with Crippen molar-refractivity contribution < 1.29 is 17.9 Å². The normalized spacial score (nSPS) is 12.6. The molecule has 0 saturated heterocycles. The number of rotatable bonds is 11. The summed E-state index contributed by atoms with van der Waals surface area (Å²) in [5.74, 6) is 0.129. The number of benzene rings is 3. The zero-order valence-corrected chi connectivity index (χ0v) is 22.8. The molecular formula is C27H30BrN3O4S. The quantitative estimate of drug-likeness (QED) is 0.245. The van der Waals surface area contributed by atoms with Gasteiger partial charge in [0.05, 0.1) is 11.1 Å². The van der Waals surface area contributed by atoms with Gasteiger partial charge in [-0.05, 0) is 55.2 Å². The van der Waals surface area contributed by atoms with Gasteiger partial charge in [-0.15, -0.1) is 0 Å². The van der Waals surface area contributed by atoms with Crippen molar-refractivity contribution in [3.63, 3.8) is 0 Å². The zero-order chi connectivity index (χ0) is 26.1. The molecule has 190 valence electrons. The van der Waals surface area contributed by atoms with Crippen LogP contribution in [0.3, 0.4) is 0 Å². The van der Waals surface area contributed by atoms with Crippen LogP contribution < -0.4 is 14.9 Å². The van der Waals surface area contributed by atoms with Gasteiger partial charge in [0.25, 0.3) is 5.91 Å². The van der Waals surface area contributed by atoms with Crippen molar-refractivity contribution in [3.05, 3.63) is 94.0 Å². The van der Waals surface area contributed by atoms with Gasteiger partial charge < -0.3 is 4.74 Å². The van der Waals surface area contributed by atoms with E-state index in [-0.39, 0.29) is 10.8 Å². The van der Waals surface area contributed by atoms with Crippen LogP contribution in [0.25, 0.3) is 0 Å². The van der Waals surface area contributed by atoms with Crippen molar-refractivity contribution >= 4 is 38.1 Å². The van der Waals surface area contributed by atoms with Crippen LogP contribution >= 0.6 is 15.9 Å². The smallest absolute Gasteiger partial charge is 0.258 e. The molecule has 0 radical (unpaired) electrons. The lowest BCUT2D eigenvalue weighted by molar-refractivity contribution is -0.123. The number of hydrogen-bond donors (Lipinski definition) is 2. The number of hydrogen-bond acceptors (Lipinski definition) is 5. The van der Waals surface area contributed by atoms with Crippen LogP contribution in [0.5, 0.6) is 5.75 Å². The molecule has 0 aliphatic heterocycles. The maximum Gasteiger partial charge on any atom is 0.258 e. The van der Waals surface area contributed by atoms with Crippen molar-refractivity contribution in [2.45, 2.75) is 44.7 Å². The van der Waals surface area contributed by atoms with E-state index in [4.69, 9.17) is 4.74 Å². The van der Waals surface area contributed by atoms with Gasteiger partial charge in [0.1, 0.15) is 18.4 Å². The Morgan fingerprint density at radius 1 is 1.06 bits per heavy atom. The molecule has 7 nitrogen and oxygen atoms in total. The topological polar surface area (TPSA) is 96.9 Å². The number of hydrazone groups is 1. The fourth-order valence-corrected chi connectivity index (χ4v) is 4.97. The van der Waals surface area contributed by atoms with E-state index < -0.39 is 22.0 Å². The fourth-order valence-electron chi connectivity index (χ4n) is 3.38. The maximum absolute atomic E-state index is 12.9. The van der Waals surface area contributed by atoms with E-state index in [2.05, 4.69) is 31.2 Å². The summed E-state index contributed by atoms with van der Waals surface area (Å²) in [6, 6.07) is 20.7. The molecular weight excluding hydrogens is 542 g/mol. The molecule has 0 fully saturated rings. The van der Waals surface area contributed by atoms with Gasteiger partial charge in [-0.25, -0.2) is 13.8 Å². The standard InChI is InChI=1S/C27H30BrN3O4S/c1-19(2)15-25(31-36(33,34)24-12-9-20(3)10-13-24)27(32)30-29-17-22-16-23(28)11-14-26(22)35-18-21-7-5-4-6-8-21/h4-14,16-17,19,25,31H,15,18H2,1-3H3,(H,30,32)/b29-17-/t25-/m1/s1. The molecule has 2 N–H and O–H groups in total. The van der Waals surface area contributed by atoms with E-state index in [0.717, 1.165) is 15.6 Å². The monoisotopic (exact) mass is 571 g/mol. The van der Waals surface area contributed by atoms with Crippen molar-refractivity contribution in [3.8, 4) is 5.75 Å². The van der Waals surface area contributed by atoms with E-state index in [9.17, 15) is 13.2 Å².